The number of carbonyl (C=O) groups is 1. The highest BCUT2D eigenvalue weighted by Gasteiger charge is 2.09. The molecule has 0 aromatic rings. The van der Waals surface area contributed by atoms with Crippen molar-refractivity contribution in [3.05, 3.63) is 12.7 Å². The van der Waals surface area contributed by atoms with Crippen molar-refractivity contribution in [2.45, 2.75) is 32.2 Å². The zero-order valence-corrected chi connectivity index (χ0v) is 11.2. The smallest absolute Gasteiger partial charge is 0.237 e. The van der Waals surface area contributed by atoms with Gasteiger partial charge in [-0.05, 0) is 38.3 Å². The van der Waals surface area contributed by atoms with E-state index in [4.69, 9.17) is 0 Å². The van der Waals surface area contributed by atoms with Gasteiger partial charge in [0.1, 0.15) is 0 Å². The van der Waals surface area contributed by atoms with Gasteiger partial charge in [0.2, 0.25) is 5.91 Å². The molecule has 3 nitrogen and oxygen atoms in total. The van der Waals surface area contributed by atoms with Gasteiger partial charge in [-0.3, -0.25) is 4.79 Å². The summed E-state index contributed by atoms with van der Waals surface area (Å²) in [6.07, 6.45) is 7.45. The average molecular weight is 244 g/mol. The molecule has 0 aliphatic carbocycles. The van der Waals surface area contributed by atoms with Crippen LogP contribution in [0.15, 0.2) is 12.7 Å². The lowest BCUT2D eigenvalue weighted by molar-refractivity contribution is -0.122. The minimum absolute atomic E-state index is 0.0454. The standard InChI is InChI=1S/C12H24N2OS/c1-4-8-14-12(15)11(2)13-9-6-5-7-10-16-3/h4,11,13H,1,5-10H2,2-3H3,(H,14,15). The Morgan fingerprint density at radius 2 is 2.19 bits per heavy atom. The quantitative estimate of drug-likeness (QED) is 0.455. The van der Waals surface area contributed by atoms with E-state index < -0.39 is 0 Å². The largest absolute Gasteiger partial charge is 0.351 e. The van der Waals surface area contributed by atoms with Gasteiger partial charge in [-0.2, -0.15) is 11.8 Å². The molecule has 0 heterocycles. The Morgan fingerprint density at radius 3 is 2.81 bits per heavy atom. The predicted octanol–water partition coefficient (Wildman–Crippen LogP) is 1.80. The van der Waals surface area contributed by atoms with Crippen molar-refractivity contribution >= 4 is 17.7 Å². The lowest BCUT2D eigenvalue weighted by Crippen LogP contribution is -2.42. The average Bonchev–Trinajstić information content (AvgIpc) is 2.30. The van der Waals surface area contributed by atoms with Gasteiger partial charge in [0.25, 0.3) is 0 Å². The van der Waals surface area contributed by atoms with Crippen molar-refractivity contribution in [1.82, 2.24) is 10.6 Å². The first kappa shape index (κ1) is 15.5. The summed E-state index contributed by atoms with van der Waals surface area (Å²) >= 11 is 1.89. The Kier molecular flexibility index (Phi) is 10.7. The molecule has 94 valence electrons. The molecule has 1 atom stereocenters. The number of amides is 1. The highest BCUT2D eigenvalue weighted by molar-refractivity contribution is 7.98. The van der Waals surface area contributed by atoms with E-state index in [1.807, 2.05) is 18.7 Å². The molecule has 0 radical (unpaired) electrons. The van der Waals surface area contributed by atoms with Crippen molar-refractivity contribution in [1.29, 1.82) is 0 Å². The number of hydrogen-bond donors (Lipinski definition) is 2. The molecular weight excluding hydrogens is 220 g/mol. The van der Waals surface area contributed by atoms with Gasteiger partial charge < -0.3 is 10.6 Å². The highest BCUT2D eigenvalue weighted by Crippen LogP contribution is 2.01. The normalized spacial score (nSPS) is 12.1. The summed E-state index contributed by atoms with van der Waals surface area (Å²) in [5.74, 6) is 1.28. The Labute approximate surface area is 103 Å². The number of nitrogens with one attached hydrogen (secondary N) is 2. The summed E-state index contributed by atoms with van der Waals surface area (Å²) in [4.78, 5) is 11.4. The first-order chi connectivity index (χ1) is 7.72. The molecule has 1 amide bonds. The molecule has 4 heteroatoms. The van der Waals surface area contributed by atoms with E-state index >= 15 is 0 Å². The number of unbranched alkanes of at least 4 members (excludes halogenated alkanes) is 2. The van der Waals surface area contributed by atoms with E-state index in [-0.39, 0.29) is 11.9 Å². The SMILES string of the molecule is C=CCNC(=O)C(C)NCCCCCSC. The topological polar surface area (TPSA) is 41.1 Å². The van der Waals surface area contributed by atoms with E-state index in [2.05, 4.69) is 23.5 Å². The molecule has 0 saturated heterocycles. The van der Waals surface area contributed by atoms with E-state index in [1.165, 1.54) is 18.6 Å². The van der Waals surface area contributed by atoms with Crippen LogP contribution < -0.4 is 10.6 Å². The Bertz CT molecular complexity index is 197. The van der Waals surface area contributed by atoms with Crippen molar-refractivity contribution in [3.8, 4) is 0 Å². The van der Waals surface area contributed by atoms with Crippen LogP contribution in [0.3, 0.4) is 0 Å². The van der Waals surface area contributed by atoms with E-state index in [0.29, 0.717) is 6.54 Å². The minimum Gasteiger partial charge on any atom is -0.351 e. The van der Waals surface area contributed by atoms with Gasteiger partial charge >= 0.3 is 0 Å². The zero-order valence-electron chi connectivity index (χ0n) is 10.4. The summed E-state index contributed by atoms with van der Waals surface area (Å²) in [5, 5.41) is 5.99. The molecule has 0 aliphatic heterocycles. The zero-order chi connectivity index (χ0) is 12.2. The van der Waals surface area contributed by atoms with E-state index in [9.17, 15) is 4.79 Å². The van der Waals surface area contributed by atoms with E-state index in [0.717, 1.165) is 13.0 Å². The number of thioether (sulfide) groups is 1. The minimum atomic E-state index is -0.111. The van der Waals surface area contributed by atoms with Crippen molar-refractivity contribution in [3.63, 3.8) is 0 Å². The lowest BCUT2D eigenvalue weighted by Gasteiger charge is -2.12. The Hall–Kier alpha value is -0.480. The fraction of sp³-hybridized carbons (Fsp3) is 0.750. The number of carbonyl (C=O) groups excluding carboxylic acids is 1. The van der Waals surface area contributed by atoms with Crippen LogP contribution in [0.25, 0.3) is 0 Å². The molecule has 0 rings (SSSR count). The summed E-state index contributed by atoms with van der Waals surface area (Å²) in [7, 11) is 0. The summed E-state index contributed by atoms with van der Waals surface area (Å²) in [6.45, 7) is 6.90. The number of rotatable bonds is 10. The van der Waals surface area contributed by atoms with Gasteiger partial charge in [0.05, 0.1) is 6.04 Å². The molecule has 2 N–H and O–H groups in total. The molecule has 16 heavy (non-hydrogen) atoms. The maximum absolute atomic E-state index is 11.4. The van der Waals surface area contributed by atoms with Crippen LogP contribution in [0, 0.1) is 0 Å². The molecule has 0 aliphatic rings. The molecular formula is C12H24N2OS. The summed E-state index contributed by atoms with van der Waals surface area (Å²) in [6, 6.07) is -0.111. The van der Waals surface area contributed by atoms with Crippen LogP contribution in [0.1, 0.15) is 26.2 Å². The molecule has 0 bridgehead atoms. The van der Waals surface area contributed by atoms with Gasteiger partial charge in [0, 0.05) is 6.54 Å². The van der Waals surface area contributed by atoms with Crippen molar-refractivity contribution in [2.24, 2.45) is 0 Å². The van der Waals surface area contributed by atoms with Crippen LogP contribution in [0.2, 0.25) is 0 Å². The highest BCUT2D eigenvalue weighted by atomic mass is 32.2. The molecule has 0 spiro atoms. The Morgan fingerprint density at radius 1 is 1.44 bits per heavy atom. The lowest BCUT2D eigenvalue weighted by atomic mass is 10.2. The third kappa shape index (κ3) is 8.80. The molecule has 1 unspecified atom stereocenters. The second-order valence-corrected chi connectivity index (χ2v) is 4.75. The fourth-order valence-corrected chi connectivity index (χ4v) is 1.78. The maximum atomic E-state index is 11.4. The first-order valence-corrected chi connectivity index (χ1v) is 7.22. The molecule has 0 fully saturated rings. The Balaban J connectivity index is 3.38. The fourth-order valence-electron chi connectivity index (χ4n) is 1.29. The van der Waals surface area contributed by atoms with Crippen LogP contribution >= 0.6 is 11.8 Å². The third-order valence-electron chi connectivity index (χ3n) is 2.29. The number of hydrogen-bond acceptors (Lipinski definition) is 3. The van der Waals surface area contributed by atoms with Crippen LogP contribution in [-0.2, 0) is 4.79 Å². The predicted molar refractivity (Wildman–Crippen MR) is 72.9 cm³/mol. The van der Waals surface area contributed by atoms with Crippen LogP contribution in [-0.4, -0.2) is 37.0 Å². The van der Waals surface area contributed by atoms with Gasteiger partial charge in [-0.15, -0.1) is 6.58 Å². The molecule has 0 saturated carbocycles. The summed E-state index contributed by atoms with van der Waals surface area (Å²) in [5.41, 5.74) is 0. The maximum Gasteiger partial charge on any atom is 0.237 e. The van der Waals surface area contributed by atoms with Crippen LogP contribution in [0.4, 0.5) is 0 Å². The van der Waals surface area contributed by atoms with Gasteiger partial charge in [-0.25, -0.2) is 0 Å². The first-order valence-electron chi connectivity index (χ1n) is 5.83. The van der Waals surface area contributed by atoms with Crippen molar-refractivity contribution in [2.75, 3.05) is 25.1 Å². The second-order valence-electron chi connectivity index (χ2n) is 3.76. The summed E-state index contributed by atoms with van der Waals surface area (Å²) < 4.78 is 0. The van der Waals surface area contributed by atoms with Gasteiger partial charge in [0.15, 0.2) is 0 Å². The van der Waals surface area contributed by atoms with Crippen molar-refractivity contribution < 1.29 is 4.79 Å². The third-order valence-corrected chi connectivity index (χ3v) is 2.99. The second kappa shape index (κ2) is 11.0. The van der Waals surface area contributed by atoms with Crippen LogP contribution in [0.5, 0.6) is 0 Å². The van der Waals surface area contributed by atoms with Gasteiger partial charge in [-0.1, -0.05) is 12.5 Å². The van der Waals surface area contributed by atoms with E-state index in [1.54, 1.807) is 6.08 Å². The molecule has 0 aromatic carbocycles. The molecule has 0 aromatic heterocycles. The monoisotopic (exact) mass is 244 g/mol.